The van der Waals surface area contributed by atoms with Gasteiger partial charge < -0.3 is 4.98 Å². The Morgan fingerprint density at radius 3 is 2.52 bits per heavy atom. The second kappa shape index (κ2) is 6.04. The smallest absolute Gasteiger partial charge is 0.341 e. The van der Waals surface area contributed by atoms with Crippen molar-refractivity contribution in [1.82, 2.24) is 9.97 Å². The summed E-state index contributed by atoms with van der Waals surface area (Å²) in [5.74, 6) is 0.234. The Morgan fingerprint density at radius 2 is 1.84 bits per heavy atom. The van der Waals surface area contributed by atoms with Crippen molar-refractivity contribution < 1.29 is 18.1 Å². The van der Waals surface area contributed by atoms with Gasteiger partial charge in [-0.15, -0.1) is 0 Å². The molecule has 3 aromatic rings. The van der Waals surface area contributed by atoms with Crippen molar-refractivity contribution in [3.05, 3.63) is 69.9 Å². The summed E-state index contributed by atoms with van der Waals surface area (Å²) >= 11 is 0. The number of hydrogen-bond donors (Lipinski definition) is 1. The lowest BCUT2D eigenvalue weighted by Crippen LogP contribution is -2.04. The molecule has 5 nitrogen and oxygen atoms in total. The number of nitrogens with one attached hydrogen (secondary N) is 1. The van der Waals surface area contributed by atoms with E-state index in [0.717, 1.165) is 12.1 Å². The van der Waals surface area contributed by atoms with Crippen LogP contribution < -0.4 is 0 Å². The van der Waals surface area contributed by atoms with Crippen LogP contribution in [0.2, 0.25) is 0 Å². The molecule has 25 heavy (non-hydrogen) atoms. The quantitative estimate of drug-likeness (QED) is 0.536. The molecule has 0 atom stereocenters. The van der Waals surface area contributed by atoms with E-state index in [9.17, 15) is 23.3 Å². The van der Waals surface area contributed by atoms with Gasteiger partial charge in [0.15, 0.2) is 0 Å². The number of aromatic amines is 1. The maximum absolute atomic E-state index is 12.9. The molecular weight excluding hydrogens is 335 g/mol. The van der Waals surface area contributed by atoms with Gasteiger partial charge in [0.05, 0.1) is 21.7 Å². The van der Waals surface area contributed by atoms with E-state index >= 15 is 0 Å². The average molecular weight is 347 g/mol. The molecule has 0 saturated heterocycles. The number of nitro groups is 1. The van der Waals surface area contributed by atoms with Crippen LogP contribution >= 0.6 is 0 Å². The van der Waals surface area contributed by atoms with Crippen LogP contribution in [0, 0.1) is 17.0 Å². The maximum atomic E-state index is 12.9. The largest absolute Gasteiger partial charge is 0.416 e. The van der Waals surface area contributed by atoms with Gasteiger partial charge in [0, 0.05) is 17.3 Å². The number of rotatable bonds is 3. The number of imidazole rings is 1. The first kappa shape index (κ1) is 16.7. The average Bonchev–Trinajstić information content (AvgIpc) is 2.96. The lowest BCUT2D eigenvalue weighted by molar-refractivity contribution is -0.384. The van der Waals surface area contributed by atoms with Crippen LogP contribution in [-0.4, -0.2) is 14.9 Å². The summed E-state index contributed by atoms with van der Waals surface area (Å²) < 4.78 is 38.7. The molecule has 0 amide bonds. The third kappa shape index (κ3) is 3.23. The SMILES string of the molecule is Cc1[nH]c(-c2ccccc2[N+](=O)[O-])nc1-c1cccc(C(F)(F)F)c1. The molecule has 0 radical (unpaired) electrons. The topological polar surface area (TPSA) is 71.8 Å². The van der Waals surface area contributed by atoms with Crippen molar-refractivity contribution >= 4 is 5.69 Å². The minimum atomic E-state index is -4.46. The molecule has 1 N–H and O–H groups in total. The molecule has 0 aliphatic heterocycles. The molecule has 0 spiro atoms. The number of nitro benzene ring substituents is 1. The monoisotopic (exact) mass is 347 g/mol. The van der Waals surface area contributed by atoms with Crippen molar-refractivity contribution in [2.75, 3.05) is 0 Å². The van der Waals surface area contributed by atoms with Crippen LogP contribution in [0.5, 0.6) is 0 Å². The molecule has 8 heteroatoms. The summed E-state index contributed by atoms with van der Waals surface area (Å²) in [5.41, 5.74) is 0.487. The van der Waals surface area contributed by atoms with Gasteiger partial charge in [-0.3, -0.25) is 10.1 Å². The highest BCUT2D eigenvalue weighted by atomic mass is 19.4. The molecule has 0 fully saturated rings. The van der Waals surface area contributed by atoms with Crippen LogP contribution in [0.25, 0.3) is 22.6 Å². The second-order valence-electron chi connectivity index (χ2n) is 5.41. The number of H-pyrrole nitrogens is 1. The van der Waals surface area contributed by atoms with Gasteiger partial charge in [0.1, 0.15) is 5.82 Å². The summed E-state index contributed by atoms with van der Waals surface area (Å²) in [6.45, 7) is 1.65. The molecule has 0 unspecified atom stereocenters. The fraction of sp³-hybridized carbons (Fsp3) is 0.118. The van der Waals surface area contributed by atoms with Gasteiger partial charge in [-0.2, -0.15) is 13.2 Å². The Bertz CT molecular complexity index is 948. The van der Waals surface area contributed by atoms with E-state index < -0.39 is 16.7 Å². The Kier molecular flexibility index (Phi) is 4.03. The number of hydrogen-bond acceptors (Lipinski definition) is 3. The first-order chi connectivity index (χ1) is 11.8. The van der Waals surface area contributed by atoms with Crippen molar-refractivity contribution in [3.63, 3.8) is 0 Å². The molecule has 1 heterocycles. The number of aryl methyl sites for hydroxylation is 1. The highest BCUT2D eigenvalue weighted by molar-refractivity contribution is 5.72. The second-order valence-corrected chi connectivity index (χ2v) is 5.41. The zero-order valence-corrected chi connectivity index (χ0v) is 13.0. The molecule has 0 bridgehead atoms. The van der Waals surface area contributed by atoms with Gasteiger partial charge in [-0.1, -0.05) is 24.3 Å². The fourth-order valence-electron chi connectivity index (χ4n) is 2.54. The third-order valence-electron chi connectivity index (χ3n) is 3.70. The standard InChI is InChI=1S/C17H12F3N3O2/c1-10-15(11-5-4-6-12(9-11)17(18,19)20)22-16(21-10)13-7-2-3-8-14(13)23(24)25/h2-9H,1H3,(H,21,22). The molecular formula is C17H12F3N3O2. The van der Waals surface area contributed by atoms with Gasteiger partial charge >= 0.3 is 6.18 Å². The summed E-state index contributed by atoms with van der Waals surface area (Å²) in [6, 6.07) is 10.8. The van der Waals surface area contributed by atoms with Crippen molar-refractivity contribution in [3.8, 4) is 22.6 Å². The maximum Gasteiger partial charge on any atom is 0.416 e. The van der Waals surface area contributed by atoms with Crippen LogP contribution in [-0.2, 0) is 6.18 Å². The first-order valence-corrected chi connectivity index (χ1v) is 7.25. The van der Waals surface area contributed by atoms with E-state index in [1.165, 1.54) is 30.3 Å². The lowest BCUT2D eigenvalue weighted by Gasteiger charge is -2.07. The number of benzene rings is 2. The predicted molar refractivity (Wildman–Crippen MR) is 85.9 cm³/mol. The van der Waals surface area contributed by atoms with Crippen molar-refractivity contribution in [2.45, 2.75) is 13.1 Å². The van der Waals surface area contributed by atoms with Crippen LogP contribution in [0.3, 0.4) is 0 Å². The van der Waals surface area contributed by atoms with E-state index in [0.29, 0.717) is 11.4 Å². The van der Waals surface area contributed by atoms with Crippen LogP contribution in [0.15, 0.2) is 48.5 Å². The van der Waals surface area contributed by atoms with Gasteiger partial charge in [0.2, 0.25) is 0 Å². The zero-order chi connectivity index (χ0) is 18.2. The van der Waals surface area contributed by atoms with Crippen molar-refractivity contribution in [2.24, 2.45) is 0 Å². The van der Waals surface area contributed by atoms with E-state index in [2.05, 4.69) is 9.97 Å². The Hall–Kier alpha value is -3.16. The van der Waals surface area contributed by atoms with Gasteiger partial charge in [0.25, 0.3) is 5.69 Å². The number of halogens is 3. The number of alkyl halides is 3. The van der Waals surface area contributed by atoms with Crippen LogP contribution in [0.1, 0.15) is 11.3 Å². The molecule has 1 aromatic heterocycles. The van der Waals surface area contributed by atoms with E-state index in [1.807, 2.05) is 0 Å². The molecule has 0 saturated carbocycles. The first-order valence-electron chi connectivity index (χ1n) is 7.25. The molecule has 0 aliphatic carbocycles. The Balaban J connectivity index is 2.10. The minimum Gasteiger partial charge on any atom is -0.341 e. The highest BCUT2D eigenvalue weighted by Crippen LogP contribution is 2.34. The van der Waals surface area contributed by atoms with Gasteiger partial charge in [-0.25, -0.2) is 4.98 Å². The molecule has 3 rings (SSSR count). The van der Waals surface area contributed by atoms with E-state index in [4.69, 9.17) is 0 Å². The normalized spacial score (nSPS) is 11.5. The third-order valence-corrected chi connectivity index (χ3v) is 3.70. The van der Waals surface area contributed by atoms with Crippen molar-refractivity contribution in [1.29, 1.82) is 0 Å². The summed E-state index contributed by atoms with van der Waals surface area (Å²) in [5, 5.41) is 11.2. The van der Waals surface area contributed by atoms with E-state index in [-0.39, 0.29) is 22.6 Å². The molecule has 2 aromatic carbocycles. The zero-order valence-electron chi connectivity index (χ0n) is 13.0. The Labute approximate surface area is 140 Å². The lowest BCUT2D eigenvalue weighted by atomic mass is 10.1. The van der Waals surface area contributed by atoms with E-state index in [1.54, 1.807) is 13.0 Å². The minimum absolute atomic E-state index is 0.133. The summed E-state index contributed by atoms with van der Waals surface area (Å²) in [6.07, 6.45) is -4.46. The number of nitrogens with zero attached hydrogens (tertiary/aromatic N) is 2. The fourth-order valence-corrected chi connectivity index (χ4v) is 2.54. The summed E-state index contributed by atoms with van der Waals surface area (Å²) in [7, 11) is 0. The Morgan fingerprint density at radius 1 is 1.12 bits per heavy atom. The summed E-state index contributed by atoms with van der Waals surface area (Å²) in [4.78, 5) is 17.8. The highest BCUT2D eigenvalue weighted by Gasteiger charge is 2.30. The van der Waals surface area contributed by atoms with Crippen LogP contribution in [0.4, 0.5) is 18.9 Å². The predicted octanol–water partition coefficient (Wildman–Crippen LogP) is 4.98. The number of aromatic nitrogens is 2. The number of para-hydroxylation sites is 1. The van der Waals surface area contributed by atoms with Gasteiger partial charge in [-0.05, 0) is 25.1 Å². The molecule has 128 valence electrons. The molecule has 0 aliphatic rings.